The van der Waals surface area contributed by atoms with Crippen LogP contribution in [0.5, 0.6) is 5.75 Å². The van der Waals surface area contributed by atoms with Crippen molar-refractivity contribution < 1.29 is 27.4 Å². The van der Waals surface area contributed by atoms with E-state index in [4.69, 9.17) is 14.5 Å². The molecule has 1 fully saturated rings. The summed E-state index contributed by atoms with van der Waals surface area (Å²) in [6.45, 7) is 2.52. The van der Waals surface area contributed by atoms with Gasteiger partial charge < -0.3 is 19.4 Å². The van der Waals surface area contributed by atoms with Crippen molar-refractivity contribution in [3.05, 3.63) is 53.7 Å². The van der Waals surface area contributed by atoms with E-state index in [9.17, 15) is 23.2 Å². The van der Waals surface area contributed by atoms with Gasteiger partial charge in [-0.1, -0.05) is 0 Å². The second-order valence-electron chi connectivity index (χ2n) is 9.09. The molecule has 0 saturated carbocycles. The Labute approximate surface area is 215 Å². The first-order valence-electron chi connectivity index (χ1n) is 11.9. The standard InChI is InChI=1S/C26H23F3N6O3/c1-14-7-16(5-6-38-14)35-23(33-20-13-31-18-4-3-15(11-30)8-17(18)25(20)35)10-24(36)34-19-12-32-22(26(27,28)29)9-21(19)37-2/h3-4,8-9,12-14,16H,5-7,10H2,1-2H3,(H,34,36)/t14-,16-/m1/s1. The summed E-state index contributed by atoms with van der Waals surface area (Å²) < 4.78 is 51.9. The van der Waals surface area contributed by atoms with Gasteiger partial charge >= 0.3 is 6.18 Å². The minimum absolute atomic E-state index is 0.00173. The highest BCUT2D eigenvalue weighted by atomic mass is 19.4. The average molecular weight is 525 g/mol. The Hall–Kier alpha value is -4.24. The van der Waals surface area contributed by atoms with Gasteiger partial charge in [0.2, 0.25) is 5.91 Å². The van der Waals surface area contributed by atoms with Crippen LogP contribution in [-0.2, 0) is 22.1 Å². The lowest BCUT2D eigenvalue weighted by atomic mass is 10.0. The van der Waals surface area contributed by atoms with E-state index < -0.39 is 17.8 Å². The first-order chi connectivity index (χ1) is 18.2. The Balaban J connectivity index is 1.55. The predicted molar refractivity (Wildman–Crippen MR) is 132 cm³/mol. The van der Waals surface area contributed by atoms with Crippen LogP contribution >= 0.6 is 0 Å². The van der Waals surface area contributed by atoms with Crippen molar-refractivity contribution in [2.24, 2.45) is 0 Å². The fourth-order valence-corrected chi connectivity index (χ4v) is 4.81. The quantitative estimate of drug-likeness (QED) is 0.399. The summed E-state index contributed by atoms with van der Waals surface area (Å²) in [5.41, 5.74) is 1.39. The molecule has 3 aromatic heterocycles. The number of imidazole rings is 1. The summed E-state index contributed by atoms with van der Waals surface area (Å²) >= 11 is 0. The van der Waals surface area contributed by atoms with Crippen LogP contribution in [0, 0.1) is 11.3 Å². The van der Waals surface area contributed by atoms with E-state index in [1.165, 1.54) is 7.11 Å². The van der Waals surface area contributed by atoms with Gasteiger partial charge in [0, 0.05) is 24.1 Å². The van der Waals surface area contributed by atoms with Crippen molar-refractivity contribution >= 4 is 33.5 Å². The number of rotatable bonds is 5. The van der Waals surface area contributed by atoms with E-state index in [1.807, 2.05) is 11.5 Å². The van der Waals surface area contributed by atoms with Gasteiger partial charge in [0.25, 0.3) is 0 Å². The topological polar surface area (TPSA) is 115 Å². The number of nitrogens with one attached hydrogen (secondary N) is 1. The second-order valence-corrected chi connectivity index (χ2v) is 9.09. The fraction of sp³-hybridized carbons (Fsp3) is 0.346. The van der Waals surface area contributed by atoms with Crippen molar-refractivity contribution in [3.63, 3.8) is 0 Å². The molecular weight excluding hydrogens is 501 g/mol. The van der Waals surface area contributed by atoms with Gasteiger partial charge in [-0.3, -0.25) is 9.78 Å². The van der Waals surface area contributed by atoms with Gasteiger partial charge in [0.1, 0.15) is 28.5 Å². The molecule has 5 rings (SSSR count). The maximum atomic E-state index is 13.1. The number of nitrogens with zero attached hydrogens (tertiary/aromatic N) is 5. The van der Waals surface area contributed by atoms with E-state index >= 15 is 0 Å². The third-order valence-electron chi connectivity index (χ3n) is 6.51. The molecule has 0 radical (unpaired) electrons. The van der Waals surface area contributed by atoms with Gasteiger partial charge in [-0.25, -0.2) is 9.97 Å². The number of halogens is 3. The molecule has 2 atom stereocenters. The van der Waals surface area contributed by atoms with Crippen LogP contribution < -0.4 is 10.1 Å². The predicted octanol–water partition coefficient (Wildman–Crippen LogP) is 4.80. The fourth-order valence-electron chi connectivity index (χ4n) is 4.81. The second kappa shape index (κ2) is 9.90. The molecule has 0 unspecified atom stereocenters. The van der Waals surface area contributed by atoms with E-state index in [-0.39, 0.29) is 30.0 Å². The monoisotopic (exact) mass is 524 g/mol. The minimum atomic E-state index is -4.65. The highest BCUT2D eigenvalue weighted by Crippen LogP contribution is 2.35. The largest absolute Gasteiger partial charge is 0.494 e. The molecule has 1 N–H and O–H groups in total. The van der Waals surface area contributed by atoms with Crippen LogP contribution in [0.15, 0.2) is 36.7 Å². The highest BCUT2D eigenvalue weighted by Gasteiger charge is 2.33. The normalized spacial score (nSPS) is 17.9. The van der Waals surface area contributed by atoms with Crippen LogP contribution in [0.2, 0.25) is 0 Å². The number of hydrogen-bond acceptors (Lipinski definition) is 7. The Morgan fingerprint density at radius 2 is 2.08 bits per heavy atom. The van der Waals surface area contributed by atoms with Crippen molar-refractivity contribution in [3.8, 4) is 11.8 Å². The molecule has 4 heterocycles. The average Bonchev–Trinajstić information content (AvgIpc) is 3.26. The SMILES string of the molecule is COc1cc(C(F)(F)F)ncc1NC(=O)Cc1nc2cnc3ccc(C#N)cc3c2n1[C@@H]1CCO[C@H](C)C1. The number of carbonyl (C=O) groups is 1. The van der Waals surface area contributed by atoms with Gasteiger partial charge in [-0.2, -0.15) is 18.4 Å². The molecule has 1 aliphatic heterocycles. The zero-order chi connectivity index (χ0) is 27.0. The van der Waals surface area contributed by atoms with Crippen LogP contribution in [0.3, 0.4) is 0 Å². The molecule has 9 nitrogen and oxygen atoms in total. The van der Waals surface area contributed by atoms with Crippen LogP contribution in [0.4, 0.5) is 18.9 Å². The summed E-state index contributed by atoms with van der Waals surface area (Å²) in [6.07, 6.45) is -0.871. The summed E-state index contributed by atoms with van der Waals surface area (Å²) in [5.74, 6) is -0.199. The Bertz CT molecular complexity index is 1580. The van der Waals surface area contributed by atoms with E-state index in [0.29, 0.717) is 41.9 Å². The molecular formula is C26H23F3N6O3. The number of methoxy groups -OCH3 is 1. The van der Waals surface area contributed by atoms with E-state index in [0.717, 1.165) is 23.2 Å². The van der Waals surface area contributed by atoms with Crippen LogP contribution in [0.25, 0.3) is 21.9 Å². The first kappa shape index (κ1) is 25.4. The van der Waals surface area contributed by atoms with E-state index in [2.05, 4.69) is 21.4 Å². The summed E-state index contributed by atoms with van der Waals surface area (Å²) in [6, 6.07) is 8.08. The zero-order valence-corrected chi connectivity index (χ0v) is 20.5. The molecule has 1 aromatic carbocycles. The minimum Gasteiger partial charge on any atom is -0.494 e. The number of anilines is 1. The summed E-state index contributed by atoms with van der Waals surface area (Å²) in [4.78, 5) is 25.7. The molecule has 12 heteroatoms. The molecule has 196 valence electrons. The molecule has 1 saturated heterocycles. The third-order valence-corrected chi connectivity index (χ3v) is 6.51. The first-order valence-corrected chi connectivity index (χ1v) is 11.9. The Morgan fingerprint density at radius 1 is 1.26 bits per heavy atom. The zero-order valence-electron chi connectivity index (χ0n) is 20.5. The van der Waals surface area contributed by atoms with Gasteiger partial charge in [-0.15, -0.1) is 0 Å². The molecule has 0 spiro atoms. The number of fused-ring (bicyclic) bond motifs is 3. The van der Waals surface area contributed by atoms with Crippen molar-refractivity contribution in [2.45, 2.75) is 44.5 Å². The van der Waals surface area contributed by atoms with Gasteiger partial charge in [-0.05, 0) is 38.0 Å². The molecule has 1 amide bonds. The Kier molecular flexibility index (Phi) is 6.62. The summed E-state index contributed by atoms with van der Waals surface area (Å²) in [5, 5.41) is 12.8. The number of hydrogen-bond donors (Lipinski definition) is 1. The molecule has 0 aliphatic carbocycles. The smallest absolute Gasteiger partial charge is 0.433 e. The lowest BCUT2D eigenvalue weighted by Gasteiger charge is -2.30. The van der Waals surface area contributed by atoms with Crippen molar-refractivity contribution in [2.75, 3.05) is 19.0 Å². The number of benzene rings is 1. The number of amides is 1. The van der Waals surface area contributed by atoms with E-state index in [1.54, 1.807) is 24.4 Å². The van der Waals surface area contributed by atoms with Gasteiger partial charge in [0.15, 0.2) is 0 Å². The molecule has 38 heavy (non-hydrogen) atoms. The number of alkyl halides is 3. The number of ether oxygens (including phenoxy) is 2. The Morgan fingerprint density at radius 3 is 2.79 bits per heavy atom. The highest BCUT2D eigenvalue weighted by molar-refractivity contribution is 6.03. The van der Waals surface area contributed by atoms with Crippen molar-refractivity contribution in [1.29, 1.82) is 5.26 Å². The molecule has 1 aliphatic rings. The maximum absolute atomic E-state index is 13.1. The maximum Gasteiger partial charge on any atom is 0.433 e. The summed E-state index contributed by atoms with van der Waals surface area (Å²) in [7, 11) is 1.21. The third kappa shape index (κ3) is 4.84. The van der Waals surface area contributed by atoms with Crippen LogP contribution in [-0.4, -0.2) is 45.2 Å². The van der Waals surface area contributed by atoms with Crippen molar-refractivity contribution in [1.82, 2.24) is 19.5 Å². The lowest BCUT2D eigenvalue weighted by molar-refractivity contribution is -0.141. The van der Waals surface area contributed by atoms with Gasteiger partial charge in [0.05, 0.1) is 54.7 Å². The molecule has 4 aromatic rings. The number of pyridine rings is 2. The van der Waals surface area contributed by atoms with Crippen LogP contribution in [0.1, 0.15) is 42.9 Å². The number of aromatic nitrogens is 4. The number of carbonyl (C=O) groups excluding carboxylic acids is 1. The molecule has 0 bridgehead atoms. The number of nitriles is 1. The lowest BCUT2D eigenvalue weighted by Crippen LogP contribution is -2.27.